The molecule has 3 N–H and O–H groups in total. The number of nitrogens with two attached hydrogens (primary N) is 1. The molecule has 1 rings (SSSR count). The molecule has 24 heavy (non-hydrogen) atoms. The first-order valence-electron chi connectivity index (χ1n) is 8.34. The van der Waals surface area contributed by atoms with Crippen LogP contribution in [-0.4, -0.2) is 37.8 Å². The zero-order chi connectivity index (χ0) is 18.3. The minimum atomic E-state index is -3.45. The molecule has 0 aliphatic rings. The second-order valence-corrected chi connectivity index (χ2v) is 8.13. The van der Waals surface area contributed by atoms with Gasteiger partial charge in [-0.25, -0.2) is 8.42 Å². The van der Waals surface area contributed by atoms with E-state index < -0.39 is 16.1 Å². The second kappa shape index (κ2) is 9.15. The Hall–Kier alpha value is -1.44. The molecule has 0 saturated heterocycles. The van der Waals surface area contributed by atoms with Crippen LogP contribution in [0.4, 0.5) is 0 Å². The first-order valence-corrected chi connectivity index (χ1v) is 9.78. The van der Waals surface area contributed by atoms with Gasteiger partial charge >= 0.3 is 0 Å². The van der Waals surface area contributed by atoms with Crippen LogP contribution >= 0.6 is 0 Å². The van der Waals surface area contributed by atoms with Gasteiger partial charge in [-0.2, -0.15) is 4.31 Å². The molecule has 0 saturated carbocycles. The molecular formula is C17H29N3O3S. The van der Waals surface area contributed by atoms with E-state index in [1.54, 1.807) is 24.3 Å². The Morgan fingerprint density at radius 3 is 2.17 bits per heavy atom. The number of amides is 1. The molecule has 0 aromatic heterocycles. The van der Waals surface area contributed by atoms with E-state index in [1.165, 1.54) is 4.31 Å². The van der Waals surface area contributed by atoms with Gasteiger partial charge in [0.1, 0.15) is 0 Å². The fourth-order valence-electron chi connectivity index (χ4n) is 2.43. The lowest BCUT2D eigenvalue weighted by molar-refractivity contribution is -0.122. The van der Waals surface area contributed by atoms with Gasteiger partial charge < -0.3 is 11.1 Å². The van der Waals surface area contributed by atoms with Gasteiger partial charge in [0.15, 0.2) is 0 Å². The van der Waals surface area contributed by atoms with Gasteiger partial charge in [0.2, 0.25) is 15.9 Å². The highest BCUT2D eigenvalue weighted by Gasteiger charge is 2.21. The first-order chi connectivity index (χ1) is 11.2. The number of benzene rings is 1. The number of carbonyl (C=O) groups is 1. The molecular weight excluding hydrogens is 326 g/mol. The van der Waals surface area contributed by atoms with E-state index in [9.17, 15) is 13.2 Å². The van der Waals surface area contributed by atoms with Crippen molar-refractivity contribution in [1.82, 2.24) is 9.62 Å². The number of rotatable bonds is 9. The van der Waals surface area contributed by atoms with Crippen molar-refractivity contribution in [2.24, 2.45) is 11.7 Å². The molecule has 1 aromatic carbocycles. The zero-order valence-corrected chi connectivity index (χ0v) is 15.8. The van der Waals surface area contributed by atoms with Crippen LogP contribution in [0.1, 0.15) is 39.7 Å². The number of sulfonamides is 1. The summed E-state index contributed by atoms with van der Waals surface area (Å²) < 4.78 is 26.2. The molecule has 0 radical (unpaired) electrons. The maximum atomic E-state index is 12.4. The van der Waals surface area contributed by atoms with Gasteiger partial charge in [0, 0.05) is 19.6 Å². The van der Waals surface area contributed by atoms with Crippen molar-refractivity contribution in [3.63, 3.8) is 0 Å². The predicted octanol–water partition coefficient (Wildman–Crippen LogP) is 1.71. The Balaban J connectivity index is 2.70. The third-order valence-electron chi connectivity index (χ3n) is 3.80. The van der Waals surface area contributed by atoms with E-state index in [2.05, 4.69) is 5.32 Å². The molecule has 0 fully saturated rings. The normalized spacial score (nSPS) is 13.3. The molecule has 6 nitrogen and oxygen atoms in total. The van der Waals surface area contributed by atoms with E-state index in [0.29, 0.717) is 32.0 Å². The Kier molecular flexibility index (Phi) is 7.86. The molecule has 136 valence electrons. The fraction of sp³-hybridized carbons (Fsp3) is 0.588. The summed E-state index contributed by atoms with van der Waals surface area (Å²) in [6.45, 7) is 8.85. The van der Waals surface area contributed by atoms with Crippen LogP contribution in [0.2, 0.25) is 0 Å². The van der Waals surface area contributed by atoms with Crippen LogP contribution in [0.15, 0.2) is 29.2 Å². The maximum Gasteiger partial charge on any atom is 0.243 e. The number of nitrogens with zero attached hydrogens (tertiary/aromatic N) is 1. The highest BCUT2D eigenvalue weighted by molar-refractivity contribution is 7.89. The standard InChI is InChI=1S/C17H29N3O3S/c1-5-20(6-2)24(22,23)15-9-7-14(8-10-15)12-19-17(21)16(18)11-13(3)4/h7-10,13,16H,5-6,11-12,18H2,1-4H3,(H,19,21)/t16-/m0/s1. The molecule has 1 aromatic rings. The van der Waals surface area contributed by atoms with Gasteiger partial charge in [-0.15, -0.1) is 0 Å². The molecule has 0 spiro atoms. The molecule has 0 aliphatic heterocycles. The number of hydrogen-bond acceptors (Lipinski definition) is 4. The molecule has 0 heterocycles. The molecule has 1 amide bonds. The van der Waals surface area contributed by atoms with Crippen LogP contribution in [0.5, 0.6) is 0 Å². The summed E-state index contributed by atoms with van der Waals surface area (Å²) >= 11 is 0. The van der Waals surface area contributed by atoms with Crippen molar-refractivity contribution < 1.29 is 13.2 Å². The third-order valence-corrected chi connectivity index (χ3v) is 5.86. The van der Waals surface area contributed by atoms with Crippen LogP contribution in [0.3, 0.4) is 0 Å². The second-order valence-electron chi connectivity index (χ2n) is 6.19. The predicted molar refractivity (Wildman–Crippen MR) is 95.8 cm³/mol. The lowest BCUT2D eigenvalue weighted by Crippen LogP contribution is -2.41. The average Bonchev–Trinajstić information content (AvgIpc) is 2.53. The van der Waals surface area contributed by atoms with Crippen LogP contribution in [0.25, 0.3) is 0 Å². The van der Waals surface area contributed by atoms with Crippen molar-refractivity contribution in [2.45, 2.75) is 51.6 Å². The minimum Gasteiger partial charge on any atom is -0.351 e. The summed E-state index contributed by atoms with van der Waals surface area (Å²) in [5.74, 6) is 0.166. The molecule has 0 aliphatic carbocycles. The van der Waals surface area contributed by atoms with Gasteiger partial charge in [0.25, 0.3) is 0 Å². The van der Waals surface area contributed by atoms with E-state index >= 15 is 0 Å². The van der Waals surface area contributed by atoms with Crippen molar-refractivity contribution in [3.8, 4) is 0 Å². The molecule has 7 heteroatoms. The largest absolute Gasteiger partial charge is 0.351 e. The van der Waals surface area contributed by atoms with E-state index in [4.69, 9.17) is 5.73 Å². The first kappa shape index (κ1) is 20.6. The fourth-order valence-corrected chi connectivity index (χ4v) is 3.89. The van der Waals surface area contributed by atoms with Gasteiger partial charge in [-0.3, -0.25) is 4.79 Å². The SMILES string of the molecule is CCN(CC)S(=O)(=O)c1ccc(CNC(=O)[C@@H](N)CC(C)C)cc1. The average molecular weight is 356 g/mol. The number of carbonyl (C=O) groups excluding carboxylic acids is 1. The Morgan fingerprint density at radius 2 is 1.71 bits per heavy atom. The van der Waals surface area contributed by atoms with Crippen LogP contribution in [-0.2, 0) is 21.4 Å². The molecule has 1 atom stereocenters. The van der Waals surface area contributed by atoms with Crippen LogP contribution < -0.4 is 11.1 Å². The van der Waals surface area contributed by atoms with Gasteiger partial charge in [-0.05, 0) is 30.0 Å². The summed E-state index contributed by atoms with van der Waals surface area (Å²) in [7, 11) is -3.45. The monoisotopic (exact) mass is 355 g/mol. The topological polar surface area (TPSA) is 92.5 Å². The lowest BCUT2D eigenvalue weighted by atomic mass is 10.0. The number of hydrogen-bond donors (Lipinski definition) is 2. The smallest absolute Gasteiger partial charge is 0.243 e. The summed E-state index contributed by atoms with van der Waals surface area (Å²) in [6, 6.07) is 6.05. The van der Waals surface area contributed by atoms with Gasteiger partial charge in [-0.1, -0.05) is 39.8 Å². The molecule has 0 bridgehead atoms. The van der Waals surface area contributed by atoms with E-state index in [-0.39, 0.29) is 10.8 Å². The third kappa shape index (κ3) is 5.58. The van der Waals surface area contributed by atoms with E-state index in [1.807, 2.05) is 27.7 Å². The summed E-state index contributed by atoms with van der Waals surface area (Å²) in [4.78, 5) is 12.2. The van der Waals surface area contributed by atoms with Crippen molar-refractivity contribution in [2.75, 3.05) is 13.1 Å². The molecule has 0 unspecified atom stereocenters. The summed E-state index contributed by atoms with van der Waals surface area (Å²) in [6.07, 6.45) is 0.632. The Labute approximate surface area is 145 Å². The quantitative estimate of drug-likeness (QED) is 0.705. The van der Waals surface area contributed by atoms with Crippen LogP contribution in [0, 0.1) is 5.92 Å². The van der Waals surface area contributed by atoms with Crippen molar-refractivity contribution in [1.29, 1.82) is 0 Å². The van der Waals surface area contributed by atoms with E-state index in [0.717, 1.165) is 5.56 Å². The number of nitrogens with one attached hydrogen (secondary N) is 1. The summed E-state index contributed by atoms with van der Waals surface area (Å²) in [5, 5.41) is 2.78. The minimum absolute atomic E-state index is 0.191. The lowest BCUT2D eigenvalue weighted by Gasteiger charge is -2.18. The Bertz CT molecular complexity index is 623. The maximum absolute atomic E-state index is 12.4. The van der Waals surface area contributed by atoms with Crippen molar-refractivity contribution in [3.05, 3.63) is 29.8 Å². The zero-order valence-electron chi connectivity index (χ0n) is 15.0. The highest BCUT2D eigenvalue weighted by Crippen LogP contribution is 2.16. The highest BCUT2D eigenvalue weighted by atomic mass is 32.2. The van der Waals surface area contributed by atoms with Gasteiger partial charge in [0.05, 0.1) is 10.9 Å². The van der Waals surface area contributed by atoms with Crippen molar-refractivity contribution >= 4 is 15.9 Å². The summed E-state index contributed by atoms with van der Waals surface area (Å²) in [5.41, 5.74) is 6.66. The Morgan fingerprint density at radius 1 is 1.17 bits per heavy atom.